The second kappa shape index (κ2) is 10.7. The normalized spacial score (nSPS) is 17.3. The Labute approximate surface area is 258 Å². The van der Waals surface area contributed by atoms with Crippen molar-refractivity contribution in [3.05, 3.63) is 119 Å². The highest BCUT2D eigenvalue weighted by Gasteiger charge is 2.53. The molecule has 5 heterocycles. The average Bonchev–Trinajstić information content (AvgIpc) is 3.35. The van der Waals surface area contributed by atoms with Gasteiger partial charge in [-0.3, -0.25) is 9.97 Å². The molecule has 9 heteroatoms. The molecule has 0 spiro atoms. The van der Waals surface area contributed by atoms with Crippen LogP contribution in [0, 0.1) is 5.92 Å². The number of halogens is 1. The Kier molecular flexibility index (Phi) is 6.53. The van der Waals surface area contributed by atoms with Crippen LogP contribution in [0.15, 0.2) is 113 Å². The molecule has 1 aliphatic heterocycles. The van der Waals surface area contributed by atoms with Gasteiger partial charge < -0.3 is 14.8 Å². The molecule has 0 amide bonds. The van der Waals surface area contributed by atoms with Crippen molar-refractivity contribution in [2.75, 3.05) is 16.3 Å². The number of aromatic amines is 1. The maximum absolute atomic E-state index is 6.92. The number of aryl methyl sites for hydroxylation is 1. The first-order chi connectivity index (χ1) is 21.2. The number of benzene rings is 2. The maximum Gasteiger partial charge on any atom is 0.196 e. The molecule has 43 heavy (non-hydrogen) atoms. The van der Waals surface area contributed by atoms with Gasteiger partial charge in [0.15, 0.2) is 5.16 Å². The first-order valence-electron chi connectivity index (χ1n) is 14.5. The molecule has 1 aliphatic carbocycles. The van der Waals surface area contributed by atoms with Crippen molar-refractivity contribution in [3.8, 4) is 0 Å². The predicted octanol–water partition coefficient (Wildman–Crippen LogP) is 7.68. The van der Waals surface area contributed by atoms with Gasteiger partial charge in [0.1, 0.15) is 11.5 Å². The number of hydrogen-bond donors (Lipinski definition) is 1. The van der Waals surface area contributed by atoms with Crippen LogP contribution in [0.2, 0.25) is 5.02 Å². The summed E-state index contributed by atoms with van der Waals surface area (Å²) >= 11 is 8.41. The van der Waals surface area contributed by atoms with Crippen molar-refractivity contribution in [1.29, 1.82) is 0 Å². The van der Waals surface area contributed by atoms with Gasteiger partial charge in [-0.25, -0.2) is 9.97 Å². The molecule has 0 unspecified atom stereocenters. The van der Waals surface area contributed by atoms with Gasteiger partial charge in [0.2, 0.25) is 0 Å². The van der Waals surface area contributed by atoms with Gasteiger partial charge in [-0.15, -0.1) is 0 Å². The minimum Gasteiger partial charge on any atom is -0.360 e. The standard InChI is InChI=1S/C34H28ClN7S/c1-2-26-30(35)29-32(38-26)39-34(43-23-16-28-27(37-17-23)14-9-15-36-28)40-33(29)41-19-24-25(20-41)31(24)42(22-12-7-4-8-13-22)18-21-10-5-3-6-11-21/h3-17,19,25,31H,2,18,20H2,1H3,(H,38,39,40)/t25-,31-/m0/s1. The quantitative estimate of drug-likeness (QED) is 0.179. The Morgan fingerprint density at radius 1 is 0.977 bits per heavy atom. The van der Waals surface area contributed by atoms with Gasteiger partial charge in [-0.1, -0.05) is 67.1 Å². The number of aromatic nitrogens is 5. The van der Waals surface area contributed by atoms with Crippen LogP contribution in [0.25, 0.3) is 22.1 Å². The van der Waals surface area contributed by atoms with Gasteiger partial charge in [-0.05, 0) is 59.7 Å². The fourth-order valence-corrected chi connectivity index (χ4v) is 7.21. The van der Waals surface area contributed by atoms with E-state index in [0.717, 1.165) is 58.0 Å². The Bertz CT molecular complexity index is 1990. The molecule has 1 fully saturated rings. The van der Waals surface area contributed by atoms with Crippen LogP contribution < -0.4 is 9.80 Å². The molecule has 0 radical (unpaired) electrons. The highest BCUT2D eigenvalue weighted by Crippen LogP contribution is 2.51. The molecule has 4 aromatic heterocycles. The average molecular weight is 602 g/mol. The number of anilines is 2. The lowest BCUT2D eigenvalue weighted by Crippen LogP contribution is -2.31. The topological polar surface area (TPSA) is 73.8 Å². The first kappa shape index (κ1) is 26.2. The van der Waals surface area contributed by atoms with Crippen molar-refractivity contribution in [1.82, 2.24) is 24.9 Å². The molecular formula is C34H28ClN7S. The summed E-state index contributed by atoms with van der Waals surface area (Å²) in [6.07, 6.45) is 6.70. The van der Waals surface area contributed by atoms with Crippen LogP contribution in [0.3, 0.4) is 0 Å². The van der Waals surface area contributed by atoms with Crippen molar-refractivity contribution in [2.45, 2.75) is 36.0 Å². The highest BCUT2D eigenvalue weighted by atomic mass is 35.5. The highest BCUT2D eigenvalue weighted by molar-refractivity contribution is 7.99. The Morgan fingerprint density at radius 3 is 2.56 bits per heavy atom. The van der Waals surface area contributed by atoms with Crippen molar-refractivity contribution >= 4 is 56.9 Å². The summed E-state index contributed by atoms with van der Waals surface area (Å²) in [4.78, 5) is 28.2. The summed E-state index contributed by atoms with van der Waals surface area (Å²) in [5.41, 5.74) is 7.40. The molecule has 212 valence electrons. The summed E-state index contributed by atoms with van der Waals surface area (Å²) in [5, 5.41) is 2.22. The molecule has 0 saturated heterocycles. The van der Waals surface area contributed by atoms with E-state index in [1.54, 1.807) is 6.20 Å². The number of para-hydroxylation sites is 1. The van der Waals surface area contributed by atoms with Gasteiger partial charge in [-0.2, -0.15) is 0 Å². The maximum atomic E-state index is 6.92. The zero-order chi connectivity index (χ0) is 28.9. The number of nitrogens with zero attached hydrogens (tertiary/aromatic N) is 6. The van der Waals surface area contributed by atoms with E-state index in [1.165, 1.54) is 28.6 Å². The molecule has 2 atom stereocenters. The van der Waals surface area contributed by atoms with Gasteiger partial charge in [0, 0.05) is 53.9 Å². The predicted molar refractivity (Wildman–Crippen MR) is 174 cm³/mol. The van der Waals surface area contributed by atoms with Crippen LogP contribution in [0.1, 0.15) is 18.2 Å². The monoisotopic (exact) mass is 601 g/mol. The molecule has 6 aromatic rings. The van der Waals surface area contributed by atoms with E-state index in [0.29, 0.717) is 22.1 Å². The van der Waals surface area contributed by atoms with E-state index in [-0.39, 0.29) is 0 Å². The van der Waals surface area contributed by atoms with Crippen LogP contribution in [-0.2, 0) is 13.0 Å². The fraction of sp³-hybridized carbons (Fsp3) is 0.176. The largest absolute Gasteiger partial charge is 0.360 e. The summed E-state index contributed by atoms with van der Waals surface area (Å²) in [7, 11) is 0. The third-order valence-corrected chi connectivity index (χ3v) is 9.48. The lowest BCUT2D eigenvalue weighted by atomic mass is 10.2. The van der Waals surface area contributed by atoms with E-state index < -0.39 is 0 Å². The molecule has 7 nitrogen and oxygen atoms in total. The SMILES string of the molecule is CCc1[nH]c2nc(Sc3cnc4cccnc4c3)nc(N3C=C4[C@H](C3)[C@H]4N(Cc3ccccc3)c3ccccc3)c2c1Cl. The number of fused-ring (bicyclic) bond motifs is 3. The van der Waals surface area contributed by atoms with E-state index in [2.05, 4.69) is 98.5 Å². The Morgan fingerprint density at radius 2 is 1.79 bits per heavy atom. The lowest BCUT2D eigenvalue weighted by Gasteiger charge is -2.28. The number of nitrogens with one attached hydrogen (secondary N) is 1. The summed E-state index contributed by atoms with van der Waals surface area (Å²) in [6.45, 7) is 3.80. The molecule has 0 bridgehead atoms. The molecule has 1 N–H and O–H groups in total. The minimum atomic E-state index is 0.356. The molecule has 8 rings (SSSR count). The van der Waals surface area contributed by atoms with Gasteiger partial charge in [0.25, 0.3) is 0 Å². The lowest BCUT2D eigenvalue weighted by molar-refractivity contribution is 0.703. The molecular weight excluding hydrogens is 574 g/mol. The van der Waals surface area contributed by atoms with Crippen molar-refractivity contribution in [2.24, 2.45) is 5.92 Å². The van der Waals surface area contributed by atoms with E-state index in [4.69, 9.17) is 21.6 Å². The minimum absolute atomic E-state index is 0.356. The zero-order valence-electron chi connectivity index (χ0n) is 23.5. The number of rotatable bonds is 8. The summed E-state index contributed by atoms with van der Waals surface area (Å²) < 4.78 is 0. The third kappa shape index (κ3) is 4.80. The van der Waals surface area contributed by atoms with E-state index in [9.17, 15) is 0 Å². The third-order valence-electron chi connectivity index (χ3n) is 8.24. The first-order valence-corrected chi connectivity index (χ1v) is 15.7. The Balaban J connectivity index is 1.14. The van der Waals surface area contributed by atoms with Gasteiger partial charge >= 0.3 is 0 Å². The van der Waals surface area contributed by atoms with Gasteiger partial charge in [0.05, 0.1) is 27.5 Å². The van der Waals surface area contributed by atoms with Crippen LogP contribution in [0.5, 0.6) is 0 Å². The molecule has 1 saturated carbocycles. The number of hydrogen-bond acceptors (Lipinski definition) is 7. The van der Waals surface area contributed by atoms with Crippen molar-refractivity contribution in [3.63, 3.8) is 0 Å². The second-order valence-corrected chi connectivity index (χ2v) is 12.3. The second-order valence-electron chi connectivity index (χ2n) is 10.9. The molecule has 2 aromatic carbocycles. The van der Waals surface area contributed by atoms with E-state index in [1.807, 2.05) is 24.4 Å². The Hall–Kier alpha value is -4.40. The summed E-state index contributed by atoms with van der Waals surface area (Å²) in [5.74, 6) is 1.26. The number of pyridine rings is 2. The zero-order valence-corrected chi connectivity index (χ0v) is 25.1. The van der Waals surface area contributed by atoms with Crippen LogP contribution in [-0.4, -0.2) is 37.5 Å². The number of H-pyrrole nitrogens is 1. The van der Waals surface area contributed by atoms with E-state index >= 15 is 0 Å². The van der Waals surface area contributed by atoms with Crippen molar-refractivity contribution < 1.29 is 0 Å². The summed E-state index contributed by atoms with van der Waals surface area (Å²) in [6, 6.07) is 27.6. The fourth-order valence-electron chi connectivity index (χ4n) is 6.10. The van der Waals surface area contributed by atoms with Crippen LogP contribution >= 0.6 is 23.4 Å². The van der Waals surface area contributed by atoms with Crippen LogP contribution in [0.4, 0.5) is 11.5 Å². The smallest absolute Gasteiger partial charge is 0.196 e. The molecule has 2 aliphatic rings.